The van der Waals surface area contributed by atoms with Gasteiger partial charge in [-0.3, -0.25) is 4.98 Å². The third-order valence-corrected chi connectivity index (χ3v) is 4.64. The highest BCUT2D eigenvalue weighted by atomic mass is 32.2. The number of hydrogen-bond acceptors (Lipinski definition) is 3. The van der Waals surface area contributed by atoms with Gasteiger partial charge in [0.05, 0.1) is 16.6 Å². The van der Waals surface area contributed by atoms with Crippen molar-refractivity contribution in [2.45, 2.75) is 24.9 Å². The zero-order valence-corrected chi connectivity index (χ0v) is 14.3. The molecule has 0 radical (unpaired) electrons. The summed E-state index contributed by atoms with van der Waals surface area (Å²) in [5, 5.41) is 0. The molecular weight excluding hydrogens is 335 g/mol. The van der Waals surface area contributed by atoms with Gasteiger partial charge in [-0.1, -0.05) is 13.0 Å². The Bertz CT molecular complexity index is 900. The van der Waals surface area contributed by atoms with Crippen LogP contribution in [-0.2, 0) is 13.2 Å². The lowest BCUT2D eigenvalue weighted by Crippen LogP contribution is -2.07. The van der Waals surface area contributed by atoms with Crippen molar-refractivity contribution in [2.75, 3.05) is 5.75 Å². The van der Waals surface area contributed by atoms with E-state index < -0.39 is 11.7 Å². The Kier molecular flexibility index (Phi) is 4.29. The molecule has 0 unspecified atom stereocenters. The summed E-state index contributed by atoms with van der Waals surface area (Å²) in [6.07, 6.45) is -3.53. The van der Waals surface area contributed by atoms with Crippen LogP contribution in [0.3, 0.4) is 0 Å². The average molecular weight is 351 g/mol. The van der Waals surface area contributed by atoms with Gasteiger partial charge in [-0.05, 0) is 36.4 Å². The molecule has 2 heterocycles. The van der Waals surface area contributed by atoms with Crippen LogP contribution < -0.4 is 0 Å². The SMILES string of the molecule is CCSc1cc(C(F)(F)F)cnc1-c1nc2cc(C)ccc2n1C. The van der Waals surface area contributed by atoms with Gasteiger partial charge < -0.3 is 4.57 Å². The first-order chi connectivity index (χ1) is 11.3. The van der Waals surface area contributed by atoms with Crippen LogP contribution in [0, 0.1) is 6.92 Å². The maximum Gasteiger partial charge on any atom is 0.417 e. The lowest BCUT2D eigenvalue weighted by Gasteiger charge is -2.12. The van der Waals surface area contributed by atoms with Gasteiger partial charge >= 0.3 is 6.18 Å². The van der Waals surface area contributed by atoms with Gasteiger partial charge in [0.25, 0.3) is 0 Å². The fourth-order valence-corrected chi connectivity index (χ4v) is 3.36. The van der Waals surface area contributed by atoms with Gasteiger partial charge in [0.1, 0.15) is 5.69 Å². The van der Waals surface area contributed by atoms with Crippen LogP contribution in [0.15, 0.2) is 35.4 Å². The molecule has 3 rings (SSSR count). The Morgan fingerprint density at radius 1 is 1.21 bits per heavy atom. The van der Waals surface area contributed by atoms with E-state index in [9.17, 15) is 13.2 Å². The molecule has 0 spiro atoms. The number of fused-ring (bicyclic) bond motifs is 1. The van der Waals surface area contributed by atoms with Crippen LogP contribution in [0.5, 0.6) is 0 Å². The van der Waals surface area contributed by atoms with Crippen LogP contribution in [0.1, 0.15) is 18.1 Å². The molecule has 0 N–H and O–H groups in total. The summed E-state index contributed by atoms with van der Waals surface area (Å²) in [7, 11) is 1.85. The van der Waals surface area contributed by atoms with Gasteiger partial charge in [-0.25, -0.2) is 4.98 Å². The Balaban J connectivity index is 2.20. The average Bonchev–Trinajstić information content (AvgIpc) is 2.83. The van der Waals surface area contributed by atoms with Crippen molar-refractivity contribution in [2.24, 2.45) is 7.05 Å². The number of pyridine rings is 1. The van der Waals surface area contributed by atoms with Crippen molar-refractivity contribution < 1.29 is 13.2 Å². The number of aryl methyl sites for hydroxylation is 2. The minimum atomic E-state index is -4.40. The summed E-state index contributed by atoms with van der Waals surface area (Å²) < 4.78 is 40.8. The number of benzene rings is 1. The maximum atomic E-state index is 13.0. The normalized spacial score (nSPS) is 12.1. The monoisotopic (exact) mass is 351 g/mol. The number of imidazole rings is 1. The molecule has 0 atom stereocenters. The molecule has 3 nitrogen and oxygen atoms in total. The van der Waals surface area contributed by atoms with Crippen molar-refractivity contribution >= 4 is 22.8 Å². The van der Waals surface area contributed by atoms with E-state index >= 15 is 0 Å². The predicted molar refractivity (Wildman–Crippen MR) is 90.1 cm³/mol. The number of aromatic nitrogens is 3. The predicted octanol–water partition coefficient (Wildman–Crippen LogP) is 5.07. The Labute approximate surface area is 141 Å². The summed E-state index contributed by atoms with van der Waals surface area (Å²) in [5.41, 5.74) is 2.55. The number of nitrogens with zero attached hydrogens (tertiary/aromatic N) is 3. The topological polar surface area (TPSA) is 30.7 Å². The summed E-state index contributed by atoms with van der Waals surface area (Å²) in [6.45, 7) is 3.87. The Morgan fingerprint density at radius 3 is 2.62 bits per heavy atom. The van der Waals surface area contributed by atoms with E-state index in [-0.39, 0.29) is 0 Å². The molecule has 0 fully saturated rings. The zero-order valence-electron chi connectivity index (χ0n) is 13.5. The highest BCUT2D eigenvalue weighted by Crippen LogP contribution is 2.36. The van der Waals surface area contributed by atoms with Crippen LogP contribution in [0.2, 0.25) is 0 Å². The van der Waals surface area contributed by atoms with Gasteiger partial charge in [-0.15, -0.1) is 11.8 Å². The van der Waals surface area contributed by atoms with E-state index in [0.717, 1.165) is 28.9 Å². The van der Waals surface area contributed by atoms with Crippen LogP contribution in [-0.4, -0.2) is 20.3 Å². The van der Waals surface area contributed by atoms with Crippen LogP contribution in [0.4, 0.5) is 13.2 Å². The smallest absolute Gasteiger partial charge is 0.326 e. The Morgan fingerprint density at radius 2 is 1.96 bits per heavy atom. The molecule has 2 aromatic heterocycles. The molecule has 3 aromatic rings. The van der Waals surface area contributed by atoms with Crippen molar-refractivity contribution in [3.05, 3.63) is 41.6 Å². The highest BCUT2D eigenvalue weighted by Gasteiger charge is 2.32. The second-order valence-corrected chi connectivity index (χ2v) is 6.79. The molecule has 0 aliphatic carbocycles. The van der Waals surface area contributed by atoms with E-state index in [2.05, 4.69) is 9.97 Å². The van der Waals surface area contributed by atoms with E-state index in [4.69, 9.17) is 0 Å². The summed E-state index contributed by atoms with van der Waals surface area (Å²) in [5.74, 6) is 1.22. The third kappa shape index (κ3) is 3.00. The van der Waals surface area contributed by atoms with Gasteiger partial charge in [0.2, 0.25) is 0 Å². The molecule has 0 bridgehead atoms. The number of hydrogen-bond donors (Lipinski definition) is 0. The Hall–Kier alpha value is -2.02. The van der Waals surface area contributed by atoms with Gasteiger partial charge in [0, 0.05) is 18.1 Å². The molecule has 0 saturated heterocycles. The van der Waals surface area contributed by atoms with E-state index in [0.29, 0.717) is 22.2 Å². The van der Waals surface area contributed by atoms with E-state index in [1.807, 2.05) is 43.7 Å². The van der Waals surface area contributed by atoms with E-state index in [1.165, 1.54) is 11.8 Å². The second-order valence-electron chi connectivity index (χ2n) is 5.49. The lowest BCUT2D eigenvalue weighted by atomic mass is 10.2. The minimum absolute atomic E-state index is 0.478. The molecule has 7 heteroatoms. The molecule has 0 saturated carbocycles. The largest absolute Gasteiger partial charge is 0.417 e. The van der Waals surface area contributed by atoms with Crippen molar-refractivity contribution in [3.63, 3.8) is 0 Å². The fraction of sp³-hybridized carbons (Fsp3) is 0.294. The molecular formula is C17H16F3N3S. The first-order valence-electron chi connectivity index (χ1n) is 7.44. The van der Waals surface area contributed by atoms with Crippen molar-refractivity contribution in [1.29, 1.82) is 0 Å². The van der Waals surface area contributed by atoms with Gasteiger partial charge in [-0.2, -0.15) is 13.2 Å². The molecule has 1 aromatic carbocycles. The van der Waals surface area contributed by atoms with E-state index in [1.54, 1.807) is 0 Å². The molecule has 0 amide bonds. The molecule has 0 aliphatic rings. The molecule has 24 heavy (non-hydrogen) atoms. The molecule has 0 aliphatic heterocycles. The summed E-state index contributed by atoms with van der Waals surface area (Å²) in [6, 6.07) is 7.05. The lowest BCUT2D eigenvalue weighted by molar-refractivity contribution is -0.138. The first-order valence-corrected chi connectivity index (χ1v) is 8.43. The van der Waals surface area contributed by atoms with Crippen LogP contribution >= 0.6 is 11.8 Å². The number of thioether (sulfide) groups is 1. The zero-order chi connectivity index (χ0) is 17.5. The van der Waals surface area contributed by atoms with Crippen molar-refractivity contribution in [3.8, 4) is 11.5 Å². The van der Waals surface area contributed by atoms with Crippen LogP contribution in [0.25, 0.3) is 22.6 Å². The number of rotatable bonds is 3. The number of alkyl halides is 3. The second kappa shape index (κ2) is 6.12. The third-order valence-electron chi connectivity index (χ3n) is 3.73. The fourth-order valence-electron chi connectivity index (χ4n) is 2.55. The first kappa shape index (κ1) is 16.8. The standard InChI is InChI=1S/C17H16F3N3S/c1-4-24-14-8-11(17(18,19)20)9-21-15(14)16-22-12-7-10(2)5-6-13(12)23(16)3/h5-9H,4H2,1-3H3. The van der Waals surface area contributed by atoms with Crippen molar-refractivity contribution in [1.82, 2.24) is 14.5 Å². The number of halogens is 3. The quantitative estimate of drug-likeness (QED) is 0.617. The minimum Gasteiger partial charge on any atom is -0.326 e. The molecule has 126 valence electrons. The highest BCUT2D eigenvalue weighted by molar-refractivity contribution is 7.99. The van der Waals surface area contributed by atoms with Gasteiger partial charge in [0.15, 0.2) is 5.82 Å². The summed E-state index contributed by atoms with van der Waals surface area (Å²) in [4.78, 5) is 9.16. The summed E-state index contributed by atoms with van der Waals surface area (Å²) >= 11 is 1.33. The maximum absolute atomic E-state index is 13.0.